The third kappa shape index (κ3) is 5.02. The molecule has 0 spiro atoms. The average molecular weight is 318 g/mol. The van der Waals surface area contributed by atoms with Crippen molar-refractivity contribution in [3.8, 4) is 5.75 Å². The standard InChI is InChI=1S/C16H22N4O3/c21-14(11-23-15-4-2-1-3-5-15)8-19-6-7-22-16(9-19)10-20-13-17-12-18-20/h1-5,12-14,16,21H,6-11H2/t14-,16-/m0/s1. The minimum Gasteiger partial charge on any atom is -0.491 e. The lowest BCUT2D eigenvalue weighted by Crippen LogP contribution is -2.47. The summed E-state index contributed by atoms with van der Waals surface area (Å²) in [5.41, 5.74) is 0. The second-order valence-electron chi connectivity index (χ2n) is 5.65. The van der Waals surface area contributed by atoms with Crippen LogP contribution < -0.4 is 4.74 Å². The molecule has 1 aromatic carbocycles. The first-order chi connectivity index (χ1) is 11.3. The molecule has 2 atom stereocenters. The molecular weight excluding hydrogens is 296 g/mol. The van der Waals surface area contributed by atoms with Gasteiger partial charge in [-0.2, -0.15) is 5.10 Å². The Labute approximate surface area is 135 Å². The van der Waals surface area contributed by atoms with Crippen LogP contribution in [-0.4, -0.2) is 69.8 Å². The number of morpholine rings is 1. The Morgan fingerprint density at radius 2 is 2.22 bits per heavy atom. The van der Waals surface area contributed by atoms with Crippen molar-refractivity contribution in [3.63, 3.8) is 0 Å². The quantitative estimate of drug-likeness (QED) is 0.798. The number of rotatable bonds is 7. The molecule has 7 nitrogen and oxygen atoms in total. The van der Waals surface area contributed by atoms with Crippen LogP contribution >= 0.6 is 0 Å². The summed E-state index contributed by atoms with van der Waals surface area (Å²) in [6, 6.07) is 9.54. The van der Waals surface area contributed by atoms with E-state index in [4.69, 9.17) is 9.47 Å². The largest absolute Gasteiger partial charge is 0.491 e. The zero-order valence-corrected chi connectivity index (χ0v) is 13.0. The Kier molecular flexibility index (Phi) is 5.57. The summed E-state index contributed by atoms with van der Waals surface area (Å²) in [7, 11) is 0. The number of hydrogen-bond acceptors (Lipinski definition) is 6. The molecule has 2 aromatic rings. The number of nitrogens with zero attached hydrogens (tertiary/aromatic N) is 4. The molecule has 23 heavy (non-hydrogen) atoms. The number of para-hydroxylation sites is 1. The number of aliphatic hydroxyl groups is 1. The highest BCUT2D eigenvalue weighted by molar-refractivity contribution is 5.20. The molecule has 1 aliphatic rings. The monoisotopic (exact) mass is 318 g/mol. The van der Waals surface area contributed by atoms with Gasteiger partial charge in [-0.3, -0.25) is 9.58 Å². The van der Waals surface area contributed by atoms with Crippen LogP contribution in [0.4, 0.5) is 0 Å². The summed E-state index contributed by atoms with van der Waals surface area (Å²) in [6.45, 7) is 3.77. The van der Waals surface area contributed by atoms with Gasteiger partial charge in [0.1, 0.15) is 31.1 Å². The van der Waals surface area contributed by atoms with E-state index in [1.807, 2.05) is 30.3 Å². The lowest BCUT2D eigenvalue weighted by molar-refractivity contribution is -0.0517. The van der Waals surface area contributed by atoms with Gasteiger partial charge in [-0.05, 0) is 12.1 Å². The van der Waals surface area contributed by atoms with Gasteiger partial charge in [0.15, 0.2) is 0 Å². The van der Waals surface area contributed by atoms with Gasteiger partial charge in [-0.15, -0.1) is 0 Å². The van der Waals surface area contributed by atoms with Gasteiger partial charge >= 0.3 is 0 Å². The molecule has 2 heterocycles. The number of β-amino-alcohol motifs (C(OH)–C–C–N with tert-alkyl or cyclic N) is 1. The van der Waals surface area contributed by atoms with Gasteiger partial charge in [-0.1, -0.05) is 18.2 Å². The van der Waals surface area contributed by atoms with E-state index < -0.39 is 6.10 Å². The van der Waals surface area contributed by atoms with Crippen molar-refractivity contribution in [3.05, 3.63) is 43.0 Å². The van der Waals surface area contributed by atoms with Crippen LogP contribution in [0.1, 0.15) is 0 Å². The van der Waals surface area contributed by atoms with E-state index in [-0.39, 0.29) is 12.7 Å². The smallest absolute Gasteiger partial charge is 0.137 e. The van der Waals surface area contributed by atoms with E-state index in [0.29, 0.717) is 19.7 Å². The van der Waals surface area contributed by atoms with E-state index in [2.05, 4.69) is 15.0 Å². The van der Waals surface area contributed by atoms with E-state index in [1.54, 1.807) is 11.0 Å². The molecular formula is C16H22N4O3. The Morgan fingerprint density at radius 1 is 1.35 bits per heavy atom. The summed E-state index contributed by atoms with van der Waals surface area (Å²) in [5.74, 6) is 0.776. The van der Waals surface area contributed by atoms with Crippen molar-refractivity contribution in [2.75, 3.05) is 32.8 Å². The first kappa shape index (κ1) is 15.9. The molecule has 1 saturated heterocycles. The lowest BCUT2D eigenvalue weighted by Gasteiger charge is -2.33. The highest BCUT2D eigenvalue weighted by Crippen LogP contribution is 2.10. The molecule has 1 aromatic heterocycles. The summed E-state index contributed by atoms with van der Waals surface area (Å²) >= 11 is 0. The van der Waals surface area contributed by atoms with Crippen LogP contribution in [0.3, 0.4) is 0 Å². The highest BCUT2D eigenvalue weighted by Gasteiger charge is 2.23. The van der Waals surface area contributed by atoms with Gasteiger partial charge in [0, 0.05) is 19.6 Å². The minimum atomic E-state index is -0.527. The third-order valence-electron chi connectivity index (χ3n) is 3.73. The van der Waals surface area contributed by atoms with Crippen molar-refractivity contribution in [2.24, 2.45) is 0 Å². The predicted molar refractivity (Wildman–Crippen MR) is 84.1 cm³/mol. The molecule has 3 rings (SSSR count). The van der Waals surface area contributed by atoms with Crippen molar-refractivity contribution in [1.82, 2.24) is 19.7 Å². The van der Waals surface area contributed by atoms with Crippen molar-refractivity contribution in [1.29, 1.82) is 0 Å². The van der Waals surface area contributed by atoms with E-state index in [9.17, 15) is 5.11 Å². The predicted octanol–water partition coefficient (Wildman–Crippen LogP) is 0.419. The first-order valence-electron chi connectivity index (χ1n) is 7.82. The topological polar surface area (TPSA) is 72.6 Å². The number of hydrogen-bond donors (Lipinski definition) is 1. The fourth-order valence-corrected chi connectivity index (χ4v) is 2.65. The van der Waals surface area contributed by atoms with Crippen LogP contribution in [0.2, 0.25) is 0 Å². The average Bonchev–Trinajstić information content (AvgIpc) is 3.07. The van der Waals surface area contributed by atoms with Crippen LogP contribution in [0.5, 0.6) is 5.75 Å². The molecule has 1 aliphatic heterocycles. The SMILES string of the molecule is O[C@H](COc1ccccc1)CN1CCO[C@H](Cn2cncn2)C1. The van der Waals surface area contributed by atoms with Crippen LogP contribution in [0.25, 0.3) is 0 Å². The molecule has 7 heteroatoms. The molecule has 1 fully saturated rings. The molecule has 0 saturated carbocycles. The Hall–Kier alpha value is -1.96. The third-order valence-corrected chi connectivity index (χ3v) is 3.73. The first-order valence-corrected chi connectivity index (χ1v) is 7.82. The maximum atomic E-state index is 10.2. The van der Waals surface area contributed by atoms with Gasteiger partial charge in [0.25, 0.3) is 0 Å². The minimum absolute atomic E-state index is 0.0627. The fourth-order valence-electron chi connectivity index (χ4n) is 2.65. The Bertz CT molecular complexity index is 564. The molecule has 124 valence electrons. The highest BCUT2D eigenvalue weighted by atomic mass is 16.5. The van der Waals surface area contributed by atoms with Crippen LogP contribution in [0, 0.1) is 0 Å². The van der Waals surface area contributed by atoms with Crippen LogP contribution in [0.15, 0.2) is 43.0 Å². The zero-order chi connectivity index (χ0) is 15.9. The molecule has 0 aliphatic carbocycles. The fraction of sp³-hybridized carbons (Fsp3) is 0.500. The second-order valence-corrected chi connectivity index (χ2v) is 5.65. The van der Waals surface area contributed by atoms with E-state index in [1.165, 1.54) is 6.33 Å². The van der Waals surface area contributed by atoms with E-state index in [0.717, 1.165) is 18.8 Å². The normalized spacial score (nSPS) is 20.3. The van der Waals surface area contributed by atoms with Crippen molar-refractivity contribution in [2.45, 2.75) is 18.8 Å². The van der Waals surface area contributed by atoms with Gasteiger partial charge in [-0.25, -0.2) is 4.98 Å². The summed E-state index contributed by atoms with van der Waals surface area (Å²) in [6.07, 6.45) is 2.74. The number of aliphatic hydroxyl groups excluding tert-OH is 1. The van der Waals surface area contributed by atoms with E-state index >= 15 is 0 Å². The Morgan fingerprint density at radius 3 is 3.00 bits per heavy atom. The van der Waals surface area contributed by atoms with Crippen molar-refractivity contribution < 1.29 is 14.6 Å². The van der Waals surface area contributed by atoms with Gasteiger partial charge in [0.2, 0.25) is 0 Å². The van der Waals surface area contributed by atoms with Gasteiger partial charge < -0.3 is 14.6 Å². The summed E-state index contributed by atoms with van der Waals surface area (Å²) in [5, 5.41) is 14.3. The van der Waals surface area contributed by atoms with Gasteiger partial charge in [0.05, 0.1) is 19.3 Å². The van der Waals surface area contributed by atoms with Crippen molar-refractivity contribution >= 4 is 0 Å². The van der Waals surface area contributed by atoms with Crippen LogP contribution in [-0.2, 0) is 11.3 Å². The Balaban J connectivity index is 1.41. The maximum absolute atomic E-state index is 10.2. The zero-order valence-electron chi connectivity index (χ0n) is 13.0. The lowest BCUT2D eigenvalue weighted by atomic mass is 10.2. The number of aromatic nitrogens is 3. The molecule has 0 unspecified atom stereocenters. The molecule has 1 N–H and O–H groups in total. The number of ether oxygens (including phenoxy) is 2. The maximum Gasteiger partial charge on any atom is 0.137 e. The summed E-state index contributed by atoms with van der Waals surface area (Å²) < 4.78 is 13.1. The number of benzene rings is 1. The molecule has 0 radical (unpaired) electrons. The molecule has 0 amide bonds. The summed E-state index contributed by atoms with van der Waals surface area (Å²) in [4.78, 5) is 6.13. The second kappa shape index (κ2) is 8.05. The molecule has 0 bridgehead atoms.